The molecule has 0 bridgehead atoms. The lowest BCUT2D eigenvalue weighted by Gasteiger charge is -2.49. The number of carbonyl (C=O) groups excluding carboxylic acids is 1. The summed E-state index contributed by atoms with van der Waals surface area (Å²) in [6, 6.07) is -0.917. The van der Waals surface area contributed by atoms with Crippen LogP contribution in [0.4, 0.5) is 0 Å². The van der Waals surface area contributed by atoms with Gasteiger partial charge in [0.15, 0.2) is 12.6 Å². The Morgan fingerprint density at radius 2 is 1.68 bits per heavy atom. The van der Waals surface area contributed by atoms with Crippen LogP contribution in [-0.2, 0) is 39.6 Å². The first-order valence-electron chi connectivity index (χ1n) is 21.5. The lowest BCUT2D eigenvalue weighted by atomic mass is 9.77. The van der Waals surface area contributed by atoms with E-state index in [2.05, 4.69) is 15.2 Å². The molecule has 2 unspecified atom stereocenters. The van der Waals surface area contributed by atoms with Crippen molar-refractivity contribution in [3.05, 3.63) is 11.9 Å². The van der Waals surface area contributed by atoms with Crippen LogP contribution in [0, 0.1) is 17.8 Å². The van der Waals surface area contributed by atoms with Gasteiger partial charge in [-0.3, -0.25) is 4.79 Å². The molecule has 0 spiro atoms. The third-order valence-corrected chi connectivity index (χ3v) is 13.5. The summed E-state index contributed by atoms with van der Waals surface area (Å²) in [5.41, 5.74) is -3.63. The van der Waals surface area contributed by atoms with E-state index in [0.717, 1.165) is 5.69 Å². The minimum atomic E-state index is -1.82. The van der Waals surface area contributed by atoms with Gasteiger partial charge in [-0.1, -0.05) is 26.0 Å². The number of ether oxygens (including phenoxy) is 6. The Morgan fingerprint density at radius 3 is 2.27 bits per heavy atom. The summed E-state index contributed by atoms with van der Waals surface area (Å²) in [6.07, 6.45) is -6.19. The Labute approximate surface area is 352 Å². The molecule has 0 saturated carbocycles. The van der Waals surface area contributed by atoms with E-state index in [9.17, 15) is 30.3 Å². The first kappa shape index (κ1) is 49.8. The maximum absolute atomic E-state index is 14.4. The van der Waals surface area contributed by atoms with Crippen LogP contribution >= 0.6 is 0 Å². The maximum atomic E-state index is 14.4. The number of cyclic esters (lactones) is 1. The standard InChI is InChI=1S/C41H76BN5O12/c1-14-30-41(10,53)34(49)26(6)46(12)20-22(2)18-39(8,52)36(59-38-32(48)29(17-23(3)55-38)45(11)16-15-28-21-47(42)44-43-28)24(4)33(25(5)37(51)57-30)58-31-19-40(9,54-13)35(50)27(7)56-31/h21-27,29-36,38,48-50,52-53H,14-20,42H2,1-13H3/t22-,23?,24+,25-,26+,27-,29+,30-,31+,32-,33+,34?,35+,36-,38-,39-,40-,41-/m1/s1. The van der Waals surface area contributed by atoms with Gasteiger partial charge in [0.2, 0.25) is 0 Å². The molecule has 3 fully saturated rings. The van der Waals surface area contributed by atoms with Crippen LogP contribution < -0.4 is 0 Å². The SMILES string of the molecule is Bn1cc(CCN(C)[C@H]2CC(C)O[C@H](O[C@@H]3[C@@H](C)[C@H](O[C@H]4C[C@@](C)(OC)[C@@H](O)[C@@H](C)O4)[C@@H](C)C(=O)O[C@H](CC)[C@@](C)(O)C(O)[C@H](C)N(C)C[C@H](C)C[C@@]3(C)O)[C@@H]2O)nn1. The van der Waals surface area contributed by atoms with Crippen LogP contribution in [0.2, 0.25) is 0 Å². The van der Waals surface area contributed by atoms with Crippen molar-refractivity contribution in [1.29, 1.82) is 0 Å². The van der Waals surface area contributed by atoms with E-state index in [-0.39, 0.29) is 37.3 Å². The van der Waals surface area contributed by atoms with E-state index in [1.165, 1.54) is 14.0 Å². The van der Waals surface area contributed by atoms with Crippen LogP contribution in [0.25, 0.3) is 0 Å². The van der Waals surface area contributed by atoms with Crippen molar-refractivity contribution >= 4 is 14.0 Å². The molecule has 0 radical (unpaired) electrons. The molecule has 18 heteroatoms. The smallest absolute Gasteiger partial charge is 0.311 e. The molecule has 0 aliphatic carbocycles. The quantitative estimate of drug-likeness (QED) is 0.161. The topological polar surface area (TPSA) is 211 Å². The Kier molecular flexibility index (Phi) is 17.0. The molecule has 18 atom stereocenters. The number of hydrogen-bond donors (Lipinski definition) is 5. The van der Waals surface area contributed by atoms with Gasteiger partial charge in [0.1, 0.15) is 30.0 Å². The van der Waals surface area contributed by atoms with Gasteiger partial charge in [-0.15, -0.1) is 5.10 Å². The molecule has 340 valence electrons. The number of hydrogen-bond acceptors (Lipinski definition) is 16. The highest BCUT2D eigenvalue weighted by atomic mass is 16.7. The van der Waals surface area contributed by atoms with Gasteiger partial charge in [-0.25, -0.2) is 0 Å². The van der Waals surface area contributed by atoms with Gasteiger partial charge in [-0.05, 0) is 87.7 Å². The number of nitrogens with zero attached hydrogens (tertiary/aromatic N) is 5. The Hall–Kier alpha value is -1.81. The molecule has 4 rings (SSSR count). The molecule has 0 amide bonds. The minimum Gasteiger partial charge on any atom is -0.459 e. The number of rotatable bonds is 10. The molecule has 3 saturated heterocycles. The number of aromatic nitrogens is 3. The van der Waals surface area contributed by atoms with Crippen molar-refractivity contribution in [3.63, 3.8) is 0 Å². The van der Waals surface area contributed by atoms with E-state index >= 15 is 0 Å². The summed E-state index contributed by atoms with van der Waals surface area (Å²) in [7, 11) is 7.10. The highest BCUT2D eigenvalue weighted by Gasteiger charge is 2.52. The van der Waals surface area contributed by atoms with Crippen LogP contribution in [0.15, 0.2) is 6.20 Å². The Morgan fingerprint density at radius 1 is 1.02 bits per heavy atom. The average Bonchev–Trinajstić information content (AvgIpc) is 3.59. The predicted octanol–water partition coefficient (Wildman–Crippen LogP) is 0.501. The van der Waals surface area contributed by atoms with E-state index in [1.807, 2.05) is 53.9 Å². The molecule has 3 aliphatic rings. The van der Waals surface area contributed by atoms with Crippen LogP contribution in [0.5, 0.6) is 0 Å². The molecule has 0 aromatic carbocycles. The largest absolute Gasteiger partial charge is 0.459 e. The van der Waals surface area contributed by atoms with E-state index in [1.54, 1.807) is 46.1 Å². The van der Waals surface area contributed by atoms with Gasteiger partial charge in [0.25, 0.3) is 7.98 Å². The summed E-state index contributed by atoms with van der Waals surface area (Å²) in [5, 5.41) is 67.3. The summed E-state index contributed by atoms with van der Waals surface area (Å²) < 4.78 is 39.7. The van der Waals surface area contributed by atoms with Crippen LogP contribution in [-0.4, -0.2) is 189 Å². The number of aliphatic hydroxyl groups excluding tert-OH is 3. The zero-order chi connectivity index (χ0) is 44.4. The fourth-order valence-corrected chi connectivity index (χ4v) is 9.63. The first-order valence-corrected chi connectivity index (χ1v) is 21.5. The van der Waals surface area contributed by atoms with Gasteiger partial charge < -0.3 is 68.3 Å². The van der Waals surface area contributed by atoms with Crippen molar-refractivity contribution in [3.8, 4) is 0 Å². The molecular weight excluding hydrogens is 765 g/mol. The first-order chi connectivity index (χ1) is 27.4. The average molecular weight is 842 g/mol. The molecule has 5 N–H and O–H groups in total. The van der Waals surface area contributed by atoms with Crippen molar-refractivity contribution in [2.75, 3.05) is 34.3 Å². The molecule has 59 heavy (non-hydrogen) atoms. The predicted molar refractivity (Wildman–Crippen MR) is 221 cm³/mol. The maximum Gasteiger partial charge on any atom is 0.311 e. The Balaban J connectivity index is 1.77. The summed E-state index contributed by atoms with van der Waals surface area (Å²) >= 11 is 0. The van der Waals surface area contributed by atoms with Crippen molar-refractivity contribution in [1.82, 2.24) is 24.7 Å². The normalized spacial score (nSPS) is 45.1. The van der Waals surface area contributed by atoms with Crippen molar-refractivity contribution in [2.45, 2.75) is 192 Å². The minimum absolute atomic E-state index is 0.117. The summed E-state index contributed by atoms with van der Waals surface area (Å²) in [6.45, 7) is 18.6. The molecule has 4 heterocycles. The molecule has 1 aromatic heterocycles. The number of methoxy groups -OCH3 is 1. The third kappa shape index (κ3) is 11.6. The van der Waals surface area contributed by atoms with Crippen LogP contribution in [0.1, 0.15) is 101 Å². The second-order valence-corrected chi connectivity index (χ2v) is 18.8. The molecule has 1 aromatic rings. The van der Waals surface area contributed by atoms with E-state index < -0.39 is 96.0 Å². The number of aliphatic hydroxyl groups is 5. The zero-order valence-corrected chi connectivity index (χ0v) is 38.0. The van der Waals surface area contributed by atoms with Gasteiger partial charge >= 0.3 is 5.97 Å². The zero-order valence-electron chi connectivity index (χ0n) is 38.0. The second-order valence-electron chi connectivity index (χ2n) is 18.8. The molecular formula is C41H76BN5O12. The lowest BCUT2D eigenvalue weighted by molar-refractivity contribution is -0.318. The van der Waals surface area contributed by atoms with Gasteiger partial charge in [0, 0.05) is 57.2 Å². The lowest BCUT2D eigenvalue weighted by Crippen LogP contribution is -2.61. The number of esters is 1. The number of likely N-dealkylation sites (N-methyl/N-ethyl adjacent to an activating group) is 2. The van der Waals surface area contributed by atoms with Gasteiger partial charge in [-0.2, -0.15) is 0 Å². The molecule has 17 nitrogen and oxygen atoms in total. The molecule has 3 aliphatic heterocycles. The van der Waals surface area contributed by atoms with Gasteiger partial charge in [0.05, 0.1) is 47.2 Å². The highest BCUT2D eigenvalue weighted by molar-refractivity contribution is 6.05. The highest BCUT2D eigenvalue weighted by Crippen LogP contribution is 2.40. The van der Waals surface area contributed by atoms with Crippen molar-refractivity contribution < 1.29 is 58.7 Å². The Bertz CT molecular complexity index is 1490. The van der Waals surface area contributed by atoms with E-state index in [0.29, 0.717) is 25.9 Å². The third-order valence-electron chi connectivity index (χ3n) is 13.5. The van der Waals surface area contributed by atoms with Crippen LogP contribution in [0.3, 0.4) is 0 Å². The summed E-state index contributed by atoms with van der Waals surface area (Å²) in [4.78, 5) is 18.3. The number of carbonyl (C=O) groups is 1. The van der Waals surface area contributed by atoms with E-state index in [4.69, 9.17) is 28.4 Å². The fourth-order valence-electron chi connectivity index (χ4n) is 9.63. The fraction of sp³-hybridized carbons (Fsp3) is 0.927. The monoisotopic (exact) mass is 842 g/mol. The second kappa shape index (κ2) is 20.1. The van der Waals surface area contributed by atoms with Crippen molar-refractivity contribution in [2.24, 2.45) is 17.8 Å². The summed E-state index contributed by atoms with van der Waals surface area (Å²) in [5.74, 6) is -2.69.